The van der Waals surface area contributed by atoms with E-state index in [-0.39, 0.29) is 18.4 Å². The number of benzene rings is 1. The molecule has 1 amide bonds. The first-order chi connectivity index (χ1) is 14.6. The SMILES string of the molecule is CCCCOc1cc([C@@H]2CN(C(=O)[C@@H]3COC(C)(C)O3)C[C@@]2(C)[C@@H](C)O)ccc1OC. The minimum Gasteiger partial charge on any atom is -0.493 e. The Kier molecular flexibility index (Phi) is 7.18. The largest absolute Gasteiger partial charge is 0.493 e. The van der Waals surface area contributed by atoms with Crippen molar-refractivity contribution < 1.29 is 28.8 Å². The van der Waals surface area contributed by atoms with E-state index in [0.29, 0.717) is 31.2 Å². The Morgan fingerprint density at radius 3 is 2.65 bits per heavy atom. The number of methoxy groups -OCH3 is 1. The van der Waals surface area contributed by atoms with Gasteiger partial charge in [-0.25, -0.2) is 0 Å². The van der Waals surface area contributed by atoms with Crippen LogP contribution in [-0.2, 0) is 14.3 Å². The summed E-state index contributed by atoms with van der Waals surface area (Å²) < 4.78 is 22.8. The highest BCUT2D eigenvalue weighted by Crippen LogP contribution is 2.47. The molecule has 0 radical (unpaired) electrons. The van der Waals surface area contributed by atoms with Crippen LogP contribution in [0.1, 0.15) is 58.9 Å². The van der Waals surface area contributed by atoms with E-state index in [1.54, 1.807) is 18.9 Å². The zero-order chi connectivity index (χ0) is 22.8. The van der Waals surface area contributed by atoms with Gasteiger partial charge in [0.1, 0.15) is 0 Å². The van der Waals surface area contributed by atoms with Crippen LogP contribution in [-0.4, -0.2) is 67.3 Å². The molecular weight excluding hydrogens is 398 g/mol. The van der Waals surface area contributed by atoms with Crippen molar-refractivity contribution in [3.63, 3.8) is 0 Å². The van der Waals surface area contributed by atoms with E-state index in [2.05, 4.69) is 6.92 Å². The van der Waals surface area contributed by atoms with Gasteiger partial charge in [-0.15, -0.1) is 0 Å². The summed E-state index contributed by atoms with van der Waals surface area (Å²) in [6.45, 7) is 11.4. The molecule has 0 aromatic heterocycles. The number of aliphatic hydroxyl groups excluding tert-OH is 1. The van der Waals surface area contributed by atoms with Gasteiger partial charge in [-0.05, 0) is 44.9 Å². The van der Waals surface area contributed by atoms with Crippen molar-refractivity contribution in [2.45, 2.75) is 71.4 Å². The van der Waals surface area contributed by atoms with Crippen LogP contribution in [0.5, 0.6) is 11.5 Å². The zero-order valence-electron chi connectivity index (χ0n) is 19.6. The molecule has 0 bridgehead atoms. The normalized spacial score (nSPS) is 28.5. The molecule has 2 fully saturated rings. The molecule has 0 aliphatic carbocycles. The molecule has 7 nitrogen and oxygen atoms in total. The summed E-state index contributed by atoms with van der Waals surface area (Å²) >= 11 is 0. The first kappa shape index (κ1) is 23.8. The topological polar surface area (TPSA) is 77.5 Å². The number of hydrogen-bond acceptors (Lipinski definition) is 6. The standard InChI is InChI=1S/C24H37NO6/c1-7-8-11-29-20-12-17(9-10-19(20)28-6)18-13-25(15-24(18,5)16(2)26)22(27)21-14-30-23(3,4)31-21/h9-10,12,16,18,21,26H,7-8,11,13-15H2,1-6H3/t16-,18+,21+,24+/m1/s1. The number of carbonyl (C=O) groups excluding carboxylic acids is 1. The molecule has 2 heterocycles. The van der Waals surface area contributed by atoms with E-state index in [1.807, 2.05) is 39.0 Å². The van der Waals surface area contributed by atoms with Crippen molar-refractivity contribution in [1.82, 2.24) is 4.90 Å². The second-order valence-corrected chi connectivity index (χ2v) is 9.38. The van der Waals surface area contributed by atoms with Crippen LogP contribution < -0.4 is 9.47 Å². The molecule has 0 unspecified atom stereocenters. The van der Waals surface area contributed by atoms with Crippen LogP contribution in [0.3, 0.4) is 0 Å². The molecule has 2 saturated heterocycles. The summed E-state index contributed by atoms with van der Waals surface area (Å²) in [7, 11) is 1.63. The fraction of sp³-hybridized carbons (Fsp3) is 0.708. The van der Waals surface area contributed by atoms with E-state index in [4.69, 9.17) is 18.9 Å². The Labute approximate surface area is 185 Å². The summed E-state index contributed by atoms with van der Waals surface area (Å²) in [6.07, 6.45) is 0.797. The Morgan fingerprint density at radius 2 is 2.06 bits per heavy atom. The second-order valence-electron chi connectivity index (χ2n) is 9.38. The summed E-state index contributed by atoms with van der Waals surface area (Å²) in [5.74, 6) is 0.482. The first-order valence-electron chi connectivity index (χ1n) is 11.2. The van der Waals surface area contributed by atoms with E-state index in [9.17, 15) is 9.90 Å². The summed E-state index contributed by atoms with van der Waals surface area (Å²) in [4.78, 5) is 15.0. The number of ether oxygens (including phenoxy) is 4. The van der Waals surface area contributed by atoms with Crippen LogP contribution in [0.15, 0.2) is 18.2 Å². The predicted molar refractivity (Wildman–Crippen MR) is 117 cm³/mol. The number of aliphatic hydroxyl groups is 1. The maximum absolute atomic E-state index is 13.2. The molecule has 0 spiro atoms. The Balaban J connectivity index is 1.85. The predicted octanol–water partition coefficient (Wildman–Crippen LogP) is 3.34. The number of likely N-dealkylation sites (tertiary alicyclic amines) is 1. The van der Waals surface area contributed by atoms with Crippen LogP contribution in [0.2, 0.25) is 0 Å². The third kappa shape index (κ3) is 4.99. The lowest BCUT2D eigenvalue weighted by molar-refractivity contribution is -0.159. The van der Waals surface area contributed by atoms with Gasteiger partial charge in [0, 0.05) is 24.4 Å². The fourth-order valence-corrected chi connectivity index (χ4v) is 4.45. The van der Waals surface area contributed by atoms with Crippen LogP contribution in [0.4, 0.5) is 0 Å². The molecule has 7 heteroatoms. The number of amides is 1. The van der Waals surface area contributed by atoms with Gasteiger partial charge in [0.15, 0.2) is 23.4 Å². The minimum absolute atomic E-state index is 0.0498. The molecule has 1 aromatic carbocycles. The molecule has 1 aromatic rings. The average Bonchev–Trinajstić information content (AvgIpc) is 3.28. The van der Waals surface area contributed by atoms with Gasteiger partial charge in [-0.1, -0.05) is 26.3 Å². The number of rotatable bonds is 8. The molecule has 4 atom stereocenters. The van der Waals surface area contributed by atoms with Crippen LogP contribution >= 0.6 is 0 Å². The van der Waals surface area contributed by atoms with Crippen molar-refractivity contribution in [2.24, 2.45) is 5.41 Å². The molecule has 0 saturated carbocycles. The van der Waals surface area contributed by atoms with E-state index < -0.39 is 23.4 Å². The minimum atomic E-state index is -0.756. The van der Waals surface area contributed by atoms with Crippen LogP contribution in [0.25, 0.3) is 0 Å². The molecule has 174 valence electrons. The Bertz CT molecular complexity index is 779. The summed E-state index contributed by atoms with van der Waals surface area (Å²) in [6, 6.07) is 5.90. The average molecular weight is 436 g/mol. The zero-order valence-corrected chi connectivity index (χ0v) is 19.6. The van der Waals surface area contributed by atoms with Crippen molar-refractivity contribution in [1.29, 1.82) is 0 Å². The van der Waals surface area contributed by atoms with Gasteiger partial charge in [0.05, 0.1) is 26.4 Å². The van der Waals surface area contributed by atoms with Gasteiger partial charge in [0.2, 0.25) is 0 Å². The van der Waals surface area contributed by atoms with Crippen molar-refractivity contribution in [3.8, 4) is 11.5 Å². The van der Waals surface area contributed by atoms with Gasteiger partial charge in [0.25, 0.3) is 5.91 Å². The highest BCUT2D eigenvalue weighted by molar-refractivity contribution is 5.82. The third-order valence-corrected chi connectivity index (χ3v) is 6.63. The van der Waals surface area contributed by atoms with E-state index in [1.165, 1.54) is 0 Å². The lowest BCUT2D eigenvalue weighted by atomic mass is 9.72. The quantitative estimate of drug-likeness (QED) is 0.631. The maximum Gasteiger partial charge on any atom is 0.254 e. The molecule has 2 aliphatic rings. The highest BCUT2D eigenvalue weighted by Gasteiger charge is 2.50. The number of hydrogen-bond donors (Lipinski definition) is 1. The third-order valence-electron chi connectivity index (χ3n) is 6.63. The van der Waals surface area contributed by atoms with Gasteiger partial charge < -0.3 is 29.0 Å². The molecule has 1 N–H and O–H groups in total. The van der Waals surface area contributed by atoms with Gasteiger partial charge in [-0.3, -0.25) is 4.79 Å². The van der Waals surface area contributed by atoms with E-state index in [0.717, 1.165) is 18.4 Å². The first-order valence-corrected chi connectivity index (χ1v) is 11.2. The van der Waals surface area contributed by atoms with Crippen molar-refractivity contribution in [2.75, 3.05) is 33.4 Å². The van der Waals surface area contributed by atoms with E-state index >= 15 is 0 Å². The van der Waals surface area contributed by atoms with Crippen molar-refractivity contribution in [3.05, 3.63) is 23.8 Å². The Morgan fingerprint density at radius 1 is 1.32 bits per heavy atom. The smallest absolute Gasteiger partial charge is 0.254 e. The molecular formula is C24H37NO6. The van der Waals surface area contributed by atoms with Gasteiger partial charge in [-0.2, -0.15) is 0 Å². The summed E-state index contributed by atoms with van der Waals surface area (Å²) in [5.41, 5.74) is 0.523. The second kappa shape index (κ2) is 9.35. The number of carbonyl (C=O) groups is 1. The monoisotopic (exact) mass is 435 g/mol. The lowest BCUT2D eigenvalue weighted by Crippen LogP contribution is -2.42. The number of nitrogens with zero attached hydrogens (tertiary/aromatic N) is 1. The number of unbranched alkanes of at least 4 members (excludes halogenated alkanes) is 1. The maximum atomic E-state index is 13.2. The highest BCUT2D eigenvalue weighted by atomic mass is 16.7. The fourth-order valence-electron chi connectivity index (χ4n) is 4.45. The lowest BCUT2D eigenvalue weighted by Gasteiger charge is -2.34. The Hall–Kier alpha value is -1.83. The van der Waals surface area contributed by atoms with Crippen LogP contribution in [0, 0.1) is 5.41 Å². The molecule has 3 rings (SSSR count). The molecule has 2 aliphatic heterocycles. The van der Waals surface area contributed by atoms with Gasteiger partial charge >= 0.3 is 0 Å². The molecule has 31 heavy (non-hydrogen) atoms. The summed E-state index contributed by atoms with van der Waals surface area (Å²) in [5, 5.41) is 10.7. The van der Waals surface area contributed by atoms with Crippen molar-refractivity contribution >= 4 is 5.91 Å².